The van der Waals surface area contributed by atoms with Gasteiger partial charge in [0.2, 0.25) is 5.91 Å². The van der Waals surface area contributed by atoms with E-state index in [-0.39, 0.29) is 12.5 Å². The highest BCUT2D eigenvalue weighted by molar-refractivity contribution is 7.16. The number of ether oxygens (including phenoxy) is 1. The van der Waals surface area contributed by atoms with Crippen LogP contribution >= 0.6 is 11.3 Å². The van der Waals surface area contributed by atoms with Crippen LogP contribution in [0.3, 0.4) is 0 Å². The molecule has 6 heteroatoms. The summed E-state index contributed by atoms with van der Waals surface area (Å²) in [5.41, 5.74) is 2.69. The van der Waals surface area contributed by atoms with Gasteiger partial charge in [0.1, 0.15) is 5.00 Å². The van der Waals surface area contributed by atoms with Crippen molar-refractivity contribution in [1.29, 1.82) is 0 Å². The average Bonchev–Trinajstić information content (AvgIpc) is 3.17. The minimum atomic E-state index is -0.438. The largest absolute Gasteiger partial charge is 0.465 e. The molecule has 0 aliphatic rings. The van der Waals surface area contributed by atoms with Crippen LogP contribution in [0.25, 0.3) is 0 Å². The minimum Gasteiger partial charge on any atom is -0.465 e. The van der Waals surface area contributed by atoms with E-state index < -0.39 is 5.97 Å². The fourth-order valence-electron chi connectivity index (χ4n) is 3.19. The quantitative estimate of drug-likeness (QED) is 0.506. The molecule has 0 radical (unpaired) electrons. The van der Waals surface area contributed by atoms with Crippen molar-refractivity contribution in [3.8, 4) is 0 Å². The van der Waals surface area contributed by atoms with E-state index in [1.807, 2.05) is 43.3 Å². The summed E-state index contributed by atoms with van der Waals surface area (Å²) in [6, 6.07) is 22.0. The molecule has 0 spiro atoms. The lowest BCUT2D eigenvalue weighted by Gasteiger charge is -2.22. The van der Waals surface area contributed by atoms with Gasteiger partial charge in [0, 0.05) is 18.0 Å². The maximum atomic E-state index is 12.9. The Morgan fingerprint density at radius 3 is 2.03 bits per heavy atom. The number of hydrogen-bond acceptors (Lipinski definition) is 5. The molecule has 3 aromatic rings. The lowest BCUT2D eigenvalue weighted by molar-refractivity contribution is -0.117. The van der Waals surface area contributed by atoms with Crippen molar-refractivity contribution >= 4 is 28.2 Å². The molecule has 0 aliphatic heterocycles. The number of thiophene rings is 1. The molecule has 5 nitrogen and oxygen atoms in total. The molecule has 0 saturated carbocycles. The molecule has 0 atom stereocenters. The fourth-order valence-corrected chi connectivity index (χ4v) is 4.19. The third-order valence-electron chi connectivity index (χ3n) is 4.66. The summed E-state index contributed by atoms with van der Waals surface area (Å²) < 4.78 is 4.86. The van der Waals surface area contributed by atoms with Gasteiger partial charge in [-0.2, -0.15) is 0 Å². The van der Waals surface area contributed by atoms with Crippen molar-refractivity contribution in [3.63, 3.8) is 0 Å². The lowest BCUT2D eigenvalue weighted by Crippen LogP contribution is -2.32. The van der Waals surface area contributed by atoms with Gasteiger partial charge in [-0.1, -0.05) is 67.6 Å². The van der Waals surface area contributed by atoms with Gasteiger partial charge in [0.15, 0.2) is 0 Å². The van der Waals surface area contributed by atoms with Gasteiger partial charge in [-0.3, -0.25) is 9.69 Å². The van der Waals surface area contributed by atoms with Crippen LogP contribution in [-0.2, 0) is 29.0 Å². The zero-order chi connectivity index (χ0) is 21.3. The molecule has 0 saturated heterocycles. The van der Waals surface area contributed by atoms with E-state index in [0.29, 0.717) is 23.7 Å². The van der Waals surface area contributed by atoms with Gasteiger partial charge < -0.3 is 10.1 Å². The van der Waals surface area contributed by atoms with Crippen molar-refractivity contribution in [3.05, 3.63) is 88.3 Å². The summed E-state index contributed by atoms with van der Waals surface area (Å²) in [6.07, 6.45) is 0.790. The van der Waals surface area contributed by atoms with E-state index in [1.165, 1.54) is 18.4 Å². The second-order valence-corrected chi connectivity index (χ2v) is 8.10. The maximum absolute atomic E-state index is 12.9. The van der Waals surface area contributed by atoms with Crippen molar-refractivity contribution < 1.29 is 14.3 Å². The first-order valence-electron chi connectivity index (χ1n) is 9.90. The normalized spacial score (nSPS) is 10.8. The van der Waals surface area contributed by atoms with E-state index in [2.05, 4.69) is 34.5 Å². The maximum Gasteiger partial charge on any atom is 0.340 e. The molecule has 0 unspecified atom stereocenters. The van der Waals surface area contributed by atoms with E-state index in [4.69, 9.17) is 4.74 Å². The molecule has 30 heavy (non-hydrogen) atoms. The van der Waals surface area contributed by atoms with Crippen molar-refractivity contribution in [2.75, 3.05) is 19.0 Å². The summed E-state index contributed by atoms with van der Waals surface area (Å²) in [5, 5.41) is 3.46. The number of carbonyl (C=O) groups excluding carboxylic acids is 2. The van der Waals surface area contributed by atoms with Gasteiger partial charge in [-0.15, -0.1) is 11.3 Å². The highest BCUT2D eigenvalue weighted by Crippen LogP contribution is 2.29. The Morgan fingerprint density at radius 2 is 1.53 bits per heavy atom. The fraction of sp³-hybridized carbons (Fsp3) is 0.250. The Hall–Kier alpha value is -2.96. The third-order valence-corrected chi connectivity index (χ3v) is 5.85. The SMILES string of the molecule is CCc1cc(C(=O)OC)c(NC(=O)CN(Cc2ccccc2)Cc2ccccc2)s1. The Labute approximate surface area is 181 Å². The second-order valence-electron chi connectivity index (χ2n) is 6.97. The number of rotatable bonds is 9. The Balaban J connectivity index is 1.74. The molecular formula is C24H26N2O3S. The number of carbonyl (C=O) groups is 2. The molecule has 156 valence electrons. The number of methoxy groups -OCH3 is 1. The molecule has 0 bridgehead atoms. The highest BCUT2D eigenvalue weighted by Gasteiger charge is 2.19. The molecule has 0 aliphatic carbocycles. The molecular weight excluding hydrogens is 396 g/mol. The van der Waals surface area contributed by atoms with Gasteiger partial charge >= 0.3 is 5.97 Å². The molecule has 1 amide bonds. The molecule has 0 fully saturated rings. The highest BCUT2D eigenvalue weighted by atomic mass is 32.1. The third kappa shape index (κ3) is 6.02. The lowest BCUT2D eigenvalue weighted by atomic mass is 10.1. The Bertz CT molecular complexity index is 929. The first-order valence-corrected chi connectivity index (χ1v) is 10.7. The first-order chi connectivity index (χ1) is 14.6. The number of benzene rings is 2. The number of hydrogen-bond donors (Lipinski definition) is 1. The zero-order valence-corrected chi connectivity index (χ0v) is 18.1. The molecule has 2 aromatic carbocycles. The van der Waals surface area contributed by atoms with Crippen molar-refractivity contribution in [1.82, 2.24) is 4.90 Å². The predicted octanol–water partition coefficient (Wildman–Crippen LogP) is 4.74. The summed E-state index contributed by atoms with van der Waals surface area (Å²) in [5.74, 6) is -0.594. The van der Waals surface area contributed by atoms with E-state index in [9.17, 15) is 9.59 Å². The first kappa shape index (κ1) is 21.7. The minimum absolute atomic E-state index is 0.156. The topological polar surface area (TPSA) is 58.6 Å². The summed E-state index contributed by atoms with van der Waals surface area (Å²) in [7, 11) is 1.35. The monoisotopic (exact) mass is 422 g/mol. The van der Waals surface area contributed by atoms with E-state index in [0.717, 1.165) is 22.4 Å². The smallest absolute Gasteiger partial charge is 0.340 e. The van der Waals surface area contributed by atoms with Crippen LogP contribution in [0.4, 0.5) is 5.00 Å². The molecule has 1 aromatic heterocycles. The van der Waals surface area contributed by atoms with Crippen molar-refractivity contribution in [2.45, 2.75) is 26.4 Å². The molecule has 3 rings (SSSR count). The predicted molar refractivity (Wildman–Crippen MR) is 121 cm³/mol. The Morgan fingerprint density at radius 1 is 0.967 bits per heavy atom. The van der Waals surface area contributed by atoms with Gasteiger partial charge in [-0.05, 0) is 23.6 Å². The number of esters is 1. The van der Waals surface area contributed by atoms with Crippen LogP contribution in [0.1, 0.15) is 33.3 Å². The average molecular weight is 423 g/mol. The van der Waals surface area contributed by atoms with Crippen LogP contribution in [-0.4, -0.2) is 30.4 Å². The van der Waals surface area contributed by atoms with Gasteiger partial charge in [0.25, 0.3) is 0 Å². The van der Waals surface area contributed by atoms with Crippen LogP contribution < -0.4 is 5.32 Å². The summed E-state index contributed by atoms with van der Waals surface area (Å²) in [4.78, 5) is 28.1. The van der Waals surface area contributed by atoms with Crippen molar-refractivity contribution in [2.24, 2.45) is 0 Å². The van der Waals surface area contributed by atoms with Crippen LogP contribution in [0.5, 0.6) is 0 Å². The van der Waals surface area contributed by atoms with Crippen LogP contribution in [0, 0.1) is 0 Å². The number of nitrogens with one attached hydrogen (secondary N) is 1. The molecule has 1 heterocycles. The van der Waals surface area contributed by atoms with Crippen LogP contribution in [0.2, 0.25) is 0 Å². The van der Waals surface area contributed by atoms with Gasteiger partial charge in [-0.25, -0.2) is 4.79 Å². The van der Waals surface area contributed by atoms with E-state index >= 15 is 0 Å². The zero-order valence-electron chi connectivity index (χ0n) is 17.3. The number of aryl methyl sites for hydroxylation is 1. The number of amides is 1. The summed E-state index contributed by atoms with van der Waals surface area (Å²) in [6.45, 7) is 3.53. The standard InChI is InChI=1S/C24H26N2O3S/c1-3-20-14-21(24(28)29-2)23(30-20)25-22(27)17-26(15-18-10-6-4-7-11-18)16-19-12-8-5-9-13-19/h4-14H,3,15-17H2,1-2H3,(H,25,27). The van der Waals surface area contributed by atoms with E-state index in [1.54, 1.807) is 6.07 Å². The second kappa shape index (κ2) is 10.7. The molecule has 1 N–H and O–H groups in total. The number of anilines is 1. The van der Waals surface area contributed by atoms with Gasteiger partial charge in [0.05, 0.1) is 19.2 Å². The van der Waals surface area contributed by atoms with Crippen LogP contribution in [0.15, 0.2) is 66.7 Å². The Kier molecular flexibility index (Phi) is 7.76. The summed E-state index contributed by atoms with van der Waals surface area (Å²) >= 11 is 1.42. The number of nitrogens with zero attached hydrogens (tertiary/aromatic N) is 1.